The number of anilines is 1. The molecule has 0 radical (unpaired) electrons. The van der Waals surface area contributed by atoms with Crippen LogP contribution in [-0.4, -0.2) is 18.1 Å². The van der Waals surface area contributed by atoms with Crippen molar-refractivity contribution in [1.82, 2.24) is 0 Å². The average Bonchev–Trinajstić information content (AvgIpc) is 3.00. The first-order valence-corrected chi connectivity index (χ1v) is 9.27. The average molecular weight is 389 g/mol. The highest BCUT2D eigenvalue weighted by molar-refractivity contribution is 6.08. The van der Waals surface area contributed by atoms with E-state index in [0.29, 0.717) is 23.4 Å². The first-order chi connectivity index (χ1) is 14.1. The van der Waals surface area contributed by atoms with Crippen LogP contribution >= 0.6 is 0 Å². The minimum absolute atomic E-state index is 0.265. The Balaban J connectivity index is 1.80. The zero-order valence-electron chi connectivity index (χ0n) is 15.9. The van der Waals surface area contributed by atoms with Crippen LogP contribution in [0, 0.1) is 5.82 Å². The van der Waals surface area contributed by atoms with E-state index in [1.54, 1.807) is 19.2 Å². The van der Waals surface area contributed by atoms with Gasteiger partial charge in [-0.3, -0.25) is 9.69 Å². The van der Waals surface area contributed by atoms with E-state index in [0.717, 1.165) is 11.1 Å². The minimum atomic E-state index is -0.501. The van der Waals surface area contributed by atoms with E-state index in [2.05, 4.69) is 0 Å². The Morgan fingerprint density at radius 3 is 2.24 bits per heavy atom. The predicted molar refractivity (Wildman–Crippen MR) is 109 cm³/mol. The Labute approximate surface area is 168 Å². The lowest BCUT2D eigenvalue weighted by molar-refractivity contribution is -0.117. The van der Waals surface area contributed by atoms with Crippen molar-refractivity contribution in [1.29, 1.82) is 0 Å². The summed E-state index contributed by atoms with van der Waals surface area (Å²) in [6.07, 6.45) is 0.423. The number of amides is 1. The van der Waals surface area contributed by atoms with Crippen LogP contribution in [0.5, 0.6) is 5.75 Å². The topological polar surface area (TPSA) is 49.8 Å². The summed E-state index contributed by atoms with van der Waals surface area (Å²) >= 11 is 0. The highest BCUT2D eigenvalue weighted by Crippen LogP contribution is 2.42. The van der Waals surface area contributed by atoms with Crippen LogP contribution in [0.15, 0.2) is 90.2 Å². The molecule has 4 rings (SSSR count). The third kappa shape index (κ3) is 3.59. The van der Waals surface area contributed by atoms with E-state index in [4.69, 9.17) is 4.74 Å². The molecule has 0 bridgehead atoms. The van der Waals surface area contributed by atoms with E-state index < -0.39 is 11.9 Å². The highest BCUT2D eigenvalue weighted by atomic mass is 19.1. The zero-order valence-corrected chi connectivity index (χ0v) is 15.9. The molecule has 146 valence electrons. The first-order valence-electron chi connectivity index (χ1n) is 9.27. The summed E-state index contributed by atoms with van der Waals surface area (Å²) in [6, 6.07) is 22.2. The number of hydrogen-bond acceptors (Lipinski definition) is 3. The quantitative estimate of drug-likeness (QED) is 0.670. The third-order valence-corrected chi connectivity index (χ3v) is 5.09. The van der Waals surface area contributed by atoms with Gasteiger partial charge in [0, 0.05) is 11.3 Å². The number of hydrogen-bond donors (Lipinski definition) is 1. The van der Waals surface area contributed by atoms with Gasteiger partial charge in [0.15, 0.2) is 5.76 Å². The van der Waals surface area contributed by atoms with Crippen LogP contribution in [0.3, 0.4) is 0 Å². The fourth-order valence-corrected chi connectivity index (χ4v) is 3.65. The molecule has 29 heavy (non-hydrogen) atoms. The molecule has 3 aromatic rings. The maximum Gasteiger partial charge on any atom is 0.293 e. The molecule has 1 aliphatic heterocycles. The second-order valence-corrected chi connectivity index (χ2v) is 6.86. The molecular formula is C24H20FNO3. The van der Waals surface area contributed by atoms with Gasteiger partial charge in [-0.1, -0.05) is 42.5 Å². The lowest BCUT2D eigenvalue weighted by Gasteiger charge is -2.27. The Morgan fingerprint density at radius 2 is 1.62 bits per heavy atom. The van der Waals surface area contributed by atoms with Gasteiger partial charge in [0.25, 0.3) is 5.91 Å². The maximum atomic E-state index is 13.4. The van der Waals surface area contributed by atoms with Crippen LogP contribution in [0.2, 0.25) is 0 Å². The van der Waals surface area contributed by atoms with E-state index >= 15 is 0 Å². The van der Waals surface area contributed by atoms with E-state index in [-0.39, 0.29) is 11.6 Å². The number of ether oxygens (including phenoxy) is 1. The van der Waals surface area contributed by atoms with Crippen molar-refractivity contribution in [3.05, 3.63) is 107 Å². The number of carbonyl (C=O) groups excluding carboxylic acids is 1. The molecule has 1 aliphatic rings. The number of aliphatic hydroxyl groups excluding tert-OH is 1. The number of methoxy groups -OCH3 is 1. The van der Waals surface area contributed by atoms with Crippen molar-refractivity contribution < 1.29 is 19.0 Å². The SMILES string of the molecule is COc1ccc(C2C(Cc3ccccc3)=C(O)C(=O)N2c2ccc(F)cc2)cc1. The molecule has 0 fully saturated rings. The van der Waals surface area contributed by atoms with Crippen molar-refractivity contribution >= 4 is 11.6 Å². The second kappa shape index (κ2) is 7.80. The van der Waals surface area contributed by atoms with Crippen LogP contribution < -0.4 is 9.64 Å². The van der Waals surface area contributed by atoms with Gasteiger partial charge in [-0.2, -0.15) is 0 Å². The zero-order chi connectivity index (χ0) is 20.4. The standard InChI is InChI=1S/C24H20FNO3/c1-29-20-13-7-17(8-14-20)22-21(15-16-5-3-2-4-6-16)23(27)24(28)26(22)19-11-9-18(25)10-12-19/h2-14,22,27H,15H2,1H3. The van der Waals surface area contributed by atoms with Crippen molar-refractivity contribution in [2.45, 2.75) is 12.5 Å². The molecule has 4 nitrogen and oxygen atoms in total. The molecule has 0 saturated carbocycles. The van der Waals surface area contributed by atoms with E-state index in [1.165, 1.54) is 17.0 Å². The normalized spacial score (nSPS) is 16.4. The molecule has 5 heteroatoms. The summed E-state index contributed by atoms with van der Waals surface area (Å²) < 4.78 is 18.7. The molecule has 1 unspecified atom stereocenters. The lowest BCUT2D eigenvalue weighted by Crippen LogP contribution is -2.30. The molecule has 0 aromatic heterocycles. The molecule has 1 N–H and O–H groups in total. The molecule has 1 heterocycles. The molecule has 1 amide bonds. The van der Waals surface area contributed by atoms with Crippen LogP contribution in [0.25, 0.3) is 0 Å². The van der Waals surface area contributed by atoms with Gasteiger partial charge in [0.05, 0.1) is 13.2 Å². The highest BCUT2D eigenvalue weighted by Gasteiger charge is 2.41. The summed E-state index contributed by atoms with van der Waals surface area (Å²) in [5.74, 6) is -0.449. The Bertz CT molecular complexity index is 1040. The fourth-order valence-electron chi connectivity index (χ4n) is 3.65. The van der Waals surface area contributed by atoms with Gasteiger partial charge in [0.1, 0.15) is 11.6 Å². The third-order valence-electron chi connectivity index (χ3n) is 5.09. The van der Waals surface area contributed by atoms with Crippen LogP contribution in [0.4, 0.5) is 10.1 Å². The Morgan fingerprint density at radius 1 is 0.966 bits per heavy atom. The van der Waals surface area contributed by atoms with Gasteiger partial charge in [-0.05, 0) is 53.9 Å². The Kier molecular flexibility index (Phi) is 5.04. The summed E-state index contributed by atoms with van der Waals surface area (Å²) in [7, 11) is 1.59. The van der Waals surface area contributed by atoms with Crippen molar-refractivity contribution in [2.24, 2.45) is 0 Å². The number of rotatable bonds is 5. The minimum Gasteiger partial charge on any atom is -0.503 e. The van der Waals surface area contributed by atoms with Crippen molar-refractivity contribution in [2.75, 3.05) is 12.0 Å². The number of carbonyl (C=O) groups is 1. The number of aliphatic hydroxyl groups is 1. The maximum absolute atomic E-state index is 13.4. The van der Waals surface area contributed by atoms with Gasteiger partial charge in [-0.25, -0.2) is 4.39 Å². The van der Waals surface area contributed by atoms with Gasteiger partial charge in [-0.15, -0.1) is 0 Å². The molecule has 0 spiro atoms. The van der Waals surface area contributed by atoms with Gasteiger partial charge < -0.3 is 9.84 Å². The van der Waals surface area contributed by atoms with Gasteiger partial charge in [0.2, 0.25) is 0 Å². The largest absolute Gasteiger partial charge is 0.503 e. The predicted octanol–water partition coefficient (Wildman–Crippen LogP) is 4.98. The van der Waals surface area contributed by atoms with E-state index in [9.17, 15) is 14.3 Å². The summed E-state index contributed by atoms with van der Waals surface area (Å²) in [5.41, 5.74) is 2.95. The molecular weight excluding hydrogens is 369 g/mol. The van der Waals surface area contributed by atoms with Crippen molar-refractivity contribution in [3.8, 4) is 5.75 Å². The van der Waals surface area contributed by atoms with Crippen LogP contribution in [0.1, 0.15) is 17.2 Å². The molecule has 0 aliphatic carbocycles. The molecule has 0 saturated heterocycles. The first kappa shape index (κ1) is 18.7. The number of nitrogens with zero attached hydrogens (tertiary/aromatic N) is 1. The van der Waals surface area contributed by atoms with Crippen molar-refractivity contribution in [3.63, 3.8) is 0 Å². The monoisotopic (exact) mass is 389 g/mol. The molecule has 1 atom stereocenters. The Hall–Kier alpha value is -3.60. The summed E-state index contributed by atoms with van der Waals surface area (Å²) in [6.45, 7) is 0. The summed E-state index contributed by atoms with van der Waals surface area (Å²) in [4.78, 5) is 14.5. The van der Waals surface area contributed by atoms with Gasteiger partial charge >= 0.3 is 0 Å². The molecule has 3 aromatic carbocycles. The smallest absolute Gasteiger partial charge is 0.293 e. The number of benzene rings is 3. The van der Waals surface area contributed by atoms with E-state index in [1.807, 2.05) is 54.6 Å². The summed E-state index contributed by atoms with van der Waals surface area (Å²) in [5, 5.41) is 10.7. The second-order valence-electron chi connectivity index (χ2n) is 6.86. The lowest BCUT2D eigenvalue weighted by atomic mass is 9.93. The number of halogens is 1. The van der Waals surface area contributed by atoms with Crippen LogP contribution in [-0.2, 0) is 11.2 Å². The fraction of sp³-hybridized carbons (Fsp3) is 0.125.